The third-order valence-corrected chi connectivity index (χ3v) is 2.56. The molecule has 0 saturated carbocycles. The van der Waals surface area contributed by atoms with E-state index in [0.717, 1.165) is 17.7 Å². The van der Waals surface area contributed by atoms with Gasteiger partial charge in [-0.25, -0.2) is 13.2 Å². The zero-order valence-corrected chi connectivity index (χ0v) is 9.78. The Hall–Kier alpha value is -0.960. The zero-order chi connectivity index (χ0) is 12.3. The van der Waals surface area contributed by atoms with Crippen molar-refractivity contribution in [2.45, 2.75) is 13.8 Å². The van der Waals surface area contributed by atoms with Gasteiger partial charge in [0, 0.05) is 5.88 Å². The number of hydrogen-bond acceptors (Lipinski definition) is 0. The van der Waals surface area contributed by atoms with Crippen molar-refractivity contribution in [2.75, 3.05) is 5.88 Å². The molecule has 0 radical (unpaired) electrons. The second-order valence-electron chi connectivity index (χ2n) is 3.81. The van der Waals surface area contributed by atoms with Crippen molar-refractivity contribution in [2.24, 2.45) is 5.92 Å². The van der Waals surface area contributed by atoms with Crippen molar-refractivity contribution >= 4 is 17.7 Å². The summed E-state index contributed by atoms with van der Waals surface area (Å²) in [6, 6.07) is 1.90. The Kier molecular flexibility index (Phi) is 4.42. The van der Waals surface area contributed by atoms with Gasteiger partial charge in [0.15, 0.2) is 17.5 Å². The first-order valence-electron chi connectivity index (χ1n) is 4.86. The van der Waals surface area contributed by atoms with E-state index in [1.54, 1.807) is 6.08 Å². The number of benzene rings is 1. The Morgan fingerprint density at radius 3 is 2.12 bits per heavy atom. The summed E-state index contributed by atoms with van der Waals surface area (Å²) in [5.41, 5.74) is 1.12. The van der Waals surface area contributed by atoms with Crippen LogP contribution in [0.3, 0.4) is 0 Å². The summed E-state index contributed by atoms with van der Waals surface area (Å²) in [5.74, 6) is -3.38. The molecule has 1 aromatic carbocycles. The van der Waals surface area contributed by atoms with Crippen molar-refractivity contribution in [1.82, 2.24) is 0 Å². The quantitative estimate of drug-likeness (QED) is 0.550. The smallest absolute Gasteiger partial charge is 0.194 e. The summed E-state index contributed by atoms with van der Waals surface area (Å²) < 4.78 is 38.5. The third-order valence-electron chi connectivity index (χ3n) is 2.25. The molecular formula is C12H12ClF3. The van der Waals surface area contributed by atoms with Crippen LogP contribution in [0.5, 0.6) is 0 Å². The molecule has 0 saturated heterocycles. The molecule has 0 heterocycles. The summed E-state index contributed by atoms with van der Waals surface area (Å²) >= 11 is 5.69. The number of halogens is 4. The first-order chi connectivity index (χ1) is 7.45. The molecule has 0 N–H and O–H groups in total. The molecular weight excluding hydrogens is 237 g/mol. The van der Waals surface area contributed by atoms with Crippen LogP contribution in [-0.4, -0.2) is 5.88 Å². The first-order valence-corrected chi connectivity index (χ1v) is 5.40. The lowest BCUT2D eigenvalue weighted by molar-refractivity contribution is 0.447. The van der Waals surface area contributed by atoms with Gasteiger partial charge in [-0.2, -0.15) is 0 Å². The standard InChI is InChI=1S/C12H12ClF3/c1-7(2)9(6-13)3-8-4-10(14)12(16)11(15)5-8/h3-5,7H,6H2,1-2H3. The SMILES string of the molecule is CC(C)C(=Cc1cc(F)c(F)c(F)c1)CCl. The monoisotopic (exact) mass is 248 g/mol. The maximum absolute atomic E-state index is 12.9. The van der Waals surface area contributed by atoms with E-state index in [1.165, 1.54) is 0 Å². The average molecular weight is 249 g/mol. The number of alkyl halides is 1. The molecule has 1 aromatic rings. The largest absolute Gasteiger partial charge is 0.204 e. The molecule has 0 aromatic heterocycles. The summed E-state index contributed by atoms with van der Waals surface area (Å²) in [7, 11) is 0. The van der Waals surface area contributed by atoms with Gasteiger partial charge in [0.2, 0.25) is 0 Å². The van der Waals surface area contributed by atoms with E-state index in [1.807, 2.05) is 13.8 Å². The van der Waals surface area contributed by atoms with Crippen molar-refractivity contribution in [3.63, 3.8) is 0 Å². The van der Waals surface area contributed by atoms with Crippen LogP contribution in [-0.2, 0) is 0 Å². The van der Waals surface area contributed by atoms with Crippen LogP contribution in [0.25, 0.3) is 6.08 Å². The normalized spacial score (nSPS) is 12.3. The van der Waals surface area contributed by atoms with E-state index in [9.17, 15) is 13.2 Å². The molecule has 0 aliphatic heterocycles. The van der Waals surface area contributed by atoms with Crippen LogP contribution >= 0.6 is 11.6 Å². The third kappa shape index (κ3) is 3.01. The molecule has 0 spiro atoms. The summed E-state index contributed by atoms with van der Waals surface area (Å²) in [5, 5.41) is 0. The van der Waals surface area contributed by atoms with Gasteiger partial charge >= 0.3 is 0 Å². The Morgan fingerprint density at radius 1 is 1.25 bits per heavy atom. The van der Waals surface area contributed by atoms with Crippen molar-refractivity contribution < 1.29 is 13.2 Å². The van der Waals surface area contributed by atoms with Crippen molar-refractivity contribution in [3.05, 3.63) is 40.7 Å². The number of rotatable bonds is 3. The Morgan fingerprint density at radius 2 is 1.75 bits per heavy atom. The molecule has 1 rings (SSSR count). The first kappa shape index (κ1) is 13.1. The zero-order valence-electron chi connectivity index (χ0n) is 9.03. The van der Waals surface area contributed by atoms with Gasteiger partial charge in [0.05, 0.1) is 0 Å². The van der Waals surface area contributed by atoms with Gasteiger partial charge in [-0.3, -0.25) is 0 Å². The average Bonchev–Trinajstić information content (AvgIpc) is 2.21. The highest BCUT2D eigenvalue weighted by molar-refractivity contribution is 6.19. The molecule has 0 aliphatic rings. The van der Waals surface area contributed by atoms with Crippen molar-refractivity contribution in [1.29, 1.82) is 0 Å². The van der Waals surface area contributed by atoms with Crippen LogP contribution < -0.4 is 0 Å². The summed E-state index contributed by atoms with van der Waals surface area (Å²) in [6.07, 6.45) is 1.57. The molecule has 0 aliphatic carbocycles. The lowest BCUT2D eigenvalue weighted by atomic mass is 10.0. The lowest BCUT2D eigenvalue weighted by Crippen LogP contribution is -1.97. The maximum Gasteiger partial charge on any atom is 0.194 e. The van der Waals surface area contributed by atoms with E-state index >= 15 is 0 Å². The van der Waals surface area contributed by atoms with Crippen LogP contribution in [0.1, 0.15) is 19.4 Å². The Balaban J connectivity index is 3.15. The topological polar surface area (TPSA) is 0 Å². The van der Waals surface area contributed by atoms with Crippen LogP contribution in [0.4, 0.5) is 13.2 Å². The van der Waals surface area contributed by atoms with Gasteiger partial charge in [0.1, 0.15) is 0 Å². The molecule has 0 bridgehead atoms. The van der Waals surface area contributed by atoms with Crippen molar-refractivity contribution in [3.8, 4) is 0 Å². The van der Waals surface area contributed by atoms with Crippen LogP contribution in [0.15, 0.2) is 17.7 Å². The minimum absolute atomic E-state index is 0.175. The number of allylic oxidation sites excluding steroid dienone is 1. The number of hydrogen-bond donors (Lipinski definition) is 0. The molecule has 16 heavy (non-hydrogen) atoms. The van der Waals surface area contributed by atoms with Gasteiger partial charge < -0.3 is 0 Å². The Labute approximate surface area is 97.7 Å². The summed E-state index contributed by atoms with van der Waals surface area (Å²) in [4.78, 5) is 0. The van der Waals surface area contributed by atoms with Gasteiger partial charge in [0.25, 0.3) is 0 Å². The lowest BCUT2D eigenvalue weighted by Gasteiger charge is -2.08. The predicted octanol–water partition coefficient (Wildman–Crippen LogP) is 4.38. The Bertz CT molecular complexity index is 388. The van der Waals surface area contributed by atoms with E-state index in [2.05, 4.69) is 0 Å². The second-order valence-corrected chi connectivity index (χ2v) is 4.07. The van der Waals surface area contributed by atoms with E-state index in [0.29, 0.717) is 0 Å². The van der Waals surface area contributed by atoms with Crippen LogP contribution in [0, 0.1) is 23.4 Å². The molecule has 0 fully saturated rings. The highest BCUT2D eigenvalue weighted by atomic mass is 35.5. The maximum atomic E-state index is 12.9. The van der Waals surface area contributed by atoms with Crippen LogP contribution in [0.2, 0.25) is 0 Å². The fourth-order valence-electron chi connectivity index (χ4n) is 1.23. The molecule has 0 atom stereocenters. The van der Waals surface area contributed by atoms with E-state index in [4.69, 9.17) is 11.6 Å². The fourth-order valence-corrected chi connectivity index (χ4v) is 1.62. The summed E-state index contributed by atoms with van der Waals surface area (Å²) in [6.45, 7) is 3.84. The molecule has 0 amide bonds. The second kappa shape index (κ2) is 5.39. The van der Waals surface area contributed by atoms with E-state index in [-0.39, 0.29) is 17.4 Å². The highest BCUT2D eigenvalue weighted by Gasteiger charge is 2.10. The molecule has 88 valence electrons. The minimum atomic E-state index is -1.45. The predicted molar refractivity (Wildman–Crippen MR) is 59.9 cm³/mol. The highest BCUT2D eigenvalue weighted by Crippen LogP contribution is 2.19. The molecule has 0 unspecified atom stereocenters. The van der Waals surface area contributed by atoms with E-state index < -0.39 is 17.5 Å². The molecule has 4 heteroatoms. The van der Waals surface area contributed by atoms with Gasteiger partial charge in [-0.05, 0) is 23.6 Å². The minimum Gasteiger partial charge on any atom is -0.204 e. The van der Waals surface area contributed by atoms with Gasteiger partial charge in [-0.15, -0.1) is 11.6 Å². The van der Waals surface area contributed by atoms with Gasteiger partial charge in [-0.1, -0.05) is 25.5 Å². The molecule has 0 nitrogen and oxygen atoms in total. The fraction of sp³-hybridized carbons (Fsp3) is 0.333.